The number of ether oxygens (including phenoxy) is 3. The highest BCUT2D eigenvalue weighted by Gasteiger charge is 2.20. The van der Waals surface area contributed by atoms with Gasteiger partial charge in [-0.25, -0.2) is 4.79 Å². The lowest BCUT2D eigenvalue weighted by Crippen LogP contribution is -2.09. The Morgan fingerprint density at radius 3 is 1.91 bits per heavy atom. The van der Waals surface area contributed by atoms with Crippen LogP contribution in [-0.4, -0.2) is 42.4 Å². The van der Waals surface area contributed by atoms with E-state index in [0.29, 0.717) is 30.8 Å². The Balaban J connectivity index is 0.000000981. The standard InChI is InChI=1S/C18H18N2O8.C4H6O/c1-26-16-4-6-17(7-5-16)27-8-2-3-9-28-18(21)13-10-14(19(22)23)12-15(11-13)20(24)25;1-4(2)3-5/h4-7,10-12H,2-3,8-9H2,1H3;3H,1H2,2H3. The van der Waals surface area contributed by atoms with Crippen molar-refractivity contribution >= 4 is 23.6 Å². The Kier molecular flexibility index (Phi) is 11.3. The maximum absolute atomic E-state index is 12.0. The van der Waals surface area contributed by atoms with Gasteiger partial charge in [-0.1, -0.05) is 6.58 Å². The summed E-state index contributed by atoms with van der Waals surface area (Å²) < 4.78 is 15.6. The summed E-state index contributed by atoms with van der Waals surface area (Å²) in [5.74, 6) is 0.546. The van der Waals surface area contributed by atoms with Crippen molar-refractivity contribution in [1.29, 1.82) is 0 Å². The van der Waals surface area contributed by atoms with Crippen molar-refractivity contribution in [3.8, 4) is 11.5 Å². The number of rotatable bonds is 11. The highest BCUT2D eigenvalue weighted by Crippen LogP contribution is 2.23. The first-order valence-corrected chi connectivity index (χ1v) is 9.66. The van der Waals surface area contributed by atoms with Crippen molar-refractivity contribution in [2.45, 2.75) is 19.8 Å². The highest BCUT2D eigenvalue weighted by atomic mass is 16.6. The van der Waals surface area contributed by atoms with Gasteiger partial charge in [0, 0.05) is 12.1 Å². The molecule has 0 saturated heterocycles. The number of hydrogen-bond donors (Lipinski definition) is 0. The molecule has 0 spiro atoms. The summed E-state index contributed by atoms with van der Waals surface area (Å²) in [6, 6.07) is 9.77. The van der Waals surface area contributed by atoms with Gasteiger partial charge >= 0.3 is 5.97 Å². The second kappa shape index (κ2) is 13.9. The number of carbonyl (C=O) groups is 2. The van der Waals surface area contributed by atoms with E-state index in [0.717, 1.165) is 30.2 Å². The van der Waals surface area contributed by atoms with E-state index < -0.39 is 27.2 Å². The van der Waals surface area contributed by atoms with Crippen LogP contribution in [0.25, 0.3) is 0 Å². The summed E-state index contributed by atoms with van der Waals surface area (Å²) in [5.41, 5.74) is -0.761. The summed E-state index contributed by atoms with van der Waals surface area (Å²) in [6.45, 7) is 5.43. The molecule has 0 bridgehead atoms. The van der Waals surface area contributed by atoms with Gasteiger partial charge in [0.15, 0.2) is 0 Å². The molecule has 0 aromatic heterocycles. The van der Waals surface area contributed by atoms with Crippen molar-refractivity contribution in [2.75, 3.05) is 20.3 Å². The first kappa shape index (κ1) is 26.8. The van der Waals surface area contributed by atoms with Gasteiger partial charge in [-0.2, -0.15) is 0 Å². The molecule has 2 rings (SSSR count). The third kappa shape index (κ3) is 10.0. The Bertz CT molecular complexity index is 956. The molecule has 33 heavy (non-hydrogen) atoms. The van der Waals surface area contributed by atoms with Crippen LogP contribution in [0.15, 0.2) is 54.6 Å². The minimum Gasteiger partial charge on any atom is -0.497 e. The van der Waals surface area contributed by atoms with E-state index in [1.54, 1.807) is 38.3 Å². The van der Waals surface area contributed by atoms with Crippen LogP contribution in [-0.2, 0) is 9.53 Å². The normalized spacial score (nSPS) is 9.64. The van der Waals surface area contributed by atoms with E-state index in [4.69, 9.17) is 14.2 Å². The minimum atomic E-state index is -0.858. The average Bonchev–Trinajstić information content (AvgIpc) is 2.81. The van der Waals surface area contributed by atoms with Crippen LogP contribution in [0.5, 0.6) is 11.5 Å². The van der Waals surface area contributed by atoms with Gasteiger partial charge < -0.3 is 14.2 Å². The summed E-state index contributed by atoms with van der Waals surface area (Å²) in [5, 5.41) is 21.7. The molecule has 176 valence electrons. The van der Waals surface area contributed by atoms with E-state index in [1.807, 2.05) is 0 Å². The molecule has 0 aliphatic heterocycles. The summed E-state index contributed by atoms with van der Waals surface area (Å²) in [4.78, 5) is 41.5. The zero-order valence-corrected chi connectivity index (χ0v) is 18.2. The quantitative estimate of drug-likeness (QED) is 0.119. The van der Waals surface area contributed by atoms with Crippen molar-refractivity contribution in [2.24, 2.45) is 0 Å². The van der Waals surface area contributed by atoms with Gasteiger partial charge in [0.05, 0.1) is 41.8 Å². The second-order valence-electron chi connectivity index (χ2n) is 6.58. The van der Waals surface area contributed by atoms with Crippen LogP contribution in [0.2, 0.25) is 0 Å². The van der Waals surface area contributed by atoms with Gasteiger partial charge in [0.1, 0.15) is 17.8 Å². The summed E-state index contributed by atoms with van der Waals surface area (Å²) in [6.07, 6.45) is 1.83. The smallest absolute Gasteiger partial charge is 0.338 e. The SMILES string of the molecule is C=C(C)C=O.COc1ccc(OCCCCOC(=O)c2cc([N+](=O)[O-])cc([N+](=O)[O-])c2)cc1. The Morgan fingerprint density at radius 1 is 0.970 bits per heavy atom. The molecule has 0 aliphatic carbocycles. The molecule has 0 fully saturated rings. The van der Waals surface area contributed by atoms with Gasteiger partial charge in [-0.05, 0) is 49.6 Å². The number of allylic oxidation sites excluding steroid dienone is 1. The fourth-order valence-corrected chi connectivity index (χ4v) is 2.24. The molecule has 0 unspecified atom stereocenters. The van der Waals surface area contributed by atoms with E-state index in [1.165, 1.54) is 0 Å². The number of methoxy groups -OCH3 is 1. The molecule has 0 heterocycles. The lowest BCUT2D eigenvalue weighted by atomic mass is 10.2. The number of esters is 1. The number of aldehydes is 1. The Labute approximate surface area is 189 Å². The van der Waals surface area contributed by atoms with Crippen molar-refractivity contribution in [3.05, 3.63) is 80.4 Å². The molecular weight excluding hydrogens is 436 g/mol. The number of nitro benzene ring substituents is 2. The molecule has 0 N–H and O–H groups in total. The lowest BCUT2D eigenvalue weighted by Gasteiger charge is -2.08. The zero-order chi connectivity index (χ0) is 24.8. The van der Waals surface area contributed by atoms with Crippen molar-refractivity contribution in [3.63, 3.8) is 0 Å². The van der Waals surface area contributed by atoms with Crippen LogP contribution in [0.1, 0.15) is 30.1 Å². The topological polar surface area (TPSA) is 148 Å². The van der Waals surface area contributed by atoms with E-state index in [9.17, 15) is 29.8 Å². The van der Waals surface area contributed by atoms with Crippen LogP contribution >= 0.6 is 0 Å². The third-order valence-corrected chi connectivity index (χ3v) is 3.86. The molecule has 2 aromatic carbocycles. The lowest BCUT2D eigenvalue weighted by molar-refractivity contribution is -0.394. The first-order valence-electron chi connectivity index (χ1n) is 9.66. The molecule has 2 aromatic rings. The predicted octanol–water partition coefficient (Wildman–Crippen LogP) is 4.29. The highest BCUT2D eigenvalue weighted by molar-refractivity contribution is 5.91. The number of unbranched alkanes of at least 4 members (excludes halogenated alkanes) is 1. The Hall–Kier alpha value is -4.28. The van der Waals surface area contributed by atoms with Crippen LogP contribution in [0.4, 0.5) is 11.4 Å². The average molecular weight is 460 g/mol. The fraction of sp³-hybridized carbons (Fsp3) is 0.273. The van der Waals surface area contributed by atoms with Gasteiger partial charge in [-0.15, -0.1) is 0 Å². The molecular formula is C22H24N2O9. The van der Waals surface area contributed by atoms with Gasteiger partial charge in [0.25, 0.3) is 11.4 Å². The van der Waals surface area contributed by atoms with E-state index in [-0.39, 0.29) is 12.2 Å². The molecule has 0 atom stereocenters. The van der Waals surface area contributed by atoms with Crippen molar-refractivity contribution in [1.82, 2.24) is 0 Å². The van der Waals surface area contributed by atoms with Gasteiger partial charge in [0.2, 0.25) is 0 Å². The number of benzene rings is 2. The number of carbonyl (C=O) groups excluding carboxylic acids is 2. The Morgan fingerprint density at radius 2 is 1.45 bits per heavy atom. The summed E-state index contributed by atoms with van der Waals surface area (Å²) >= 11 is 0. The summed E-state index contributed by atoms with van der Waals surface area (Å²) in [7, 11) is 1.57. The molecule has 0 aliphatic rings. The number of nitro groups is 2. The molecule has 11 heteroatoms. The van der Waals surface area contributed by atoms with Gasteiger partial charge in [-0.3, -0.25) is 25.0 Å². The first-order chi connectivity index (χ1) is 15.7. The number of non-ortho nitro benzene ring substituents is 2. The zero-order valence-electron chi connectivity index (χ0n) is 18.2. The van der Waals surface area contributed by atoms with E-state index in [2.05, 4.69) is 6.58 Å². The maximum Gasteiger partial charge on any atom is 0.338 e. The monoisotopic (exact) mass is 460 g/mol. The van der Waals surface area contributed by atoms with E-state index >= 15 is 0 Å². The largest absolute Gasteiger partial charge is 0.497 e. The molecule has 11 nitrogen and oxygen atoms in total. The van der Waals surface area contributed by atoms with Crippen LogP contribution in [0, 0.1) is 20.2 Å². The maximum atomic E-state index is 12.0. The molecule has 0 saturated carbocycles. The molecule has 0 amide bonds. The fourth-order valence-electron chi connectivity index (χ4n) is 2.24. The second-order valence-corrected chi connectivity index (χ2v) is 6.58. The van der Waals surface area contributed by atoms with Crippen LogP contribution in [0.3, 0.4) is 0 Å². The van der Waals surface area contributed by atoms with Crippen molar-refractivity contribution < 1.29 is 33.6 Å². The van der Waals surface area contributed by atoms with Crippen LogP contribution < -0.4 is 9.47 Å². The number of nitrogens with zero attached hydrogens (tertiary/aromatic N) is 2. The minimum absolute atomic E-state index is 0.0568. The molecule has 0 radical (unpaired) electrons. The third-order valence-electron chi connectivity index (χ3n) is 3.86. The predicted molar refractivity (Wildman–Crippen MR) is 119 cm³/mol. The number of hydrogen-bond acceptors (Lipinski definition) is 9.